The Morgan fingerprint density at radius 3 is 2.45 bits per heavy atom. The van der Waals surface area contributed by atoms with Gasteiger partial charge in [-0.25, -0.2) is 0 Å². The van der Waals surface area contributed by atoms with Crippen molar-refractivity contribution in [2.24, 2.45) is 0 Å². The second-order valence-corrected chi connectivity index (χ2v) is 7.25. The van der Waals surface area contributed by atoms with Gasteiger partial charge in [-0.2, -0.15) is 0 Å². The quantitative estimate of drug-likeness (QED) is 0.722. The zero-order chi connectivity index (χ0) is 15.2. The van der Waals surface area contributed by atoms with Gasteiger partial charge in [0.15, 0.2) is 0 Å². The summed E-state index contributed by atoms with van der Waals surface area (Å²) in [5, 5.41) is 3.65. The van der Waals surface area contributed by atoms with Gasteiger partial charge in [0.1, 0.15) is 0 Å². The van der Waals surface area contributed by atoms with E-state index >= 15 is 0 Å². The van der Waals surface area contributed by atoms with E-state index in [-0.39, 0.29) is 5.54 Å². The highest BCUT2D eigenvalue weighted by atomic mass is 16.2. The molecule has 1 saturated heterocycles. The number of nitrogens with one attached hydrogen (secondary N) is 1. The minimum atomic E-state index is 0.128. The predicted octanol–water partition coefficient (Wildman–Crippen LogP) is 3.72. The number of carbonyl (C=O) groups excluding carboxylic acids is 1. The zero-order valence-electron chi connectivity index (χ0n) is 14.2. The summed E-state index contributed by atoms with van der Waals surface area (Å²) < 4.78 is 0. The van der Waals surface area contributed by atoms with E-state index < -0.39 is 0 Å². The molecule has 118 valence electrons. The van der Waals surface area contributed by atoms with Crippen LogP contribution >= 0.6 is 0 Å². The Hall–Kier alpha value is -0.570. The monoisotopic (exact) mass is 282 g/mol. The maximum Gasteiger partial charge on any atom is 0.222 e. The van der Waals surface area contributed by atoms with Gasteiger partial charge in [-0.15, -0.1) is 0 Å². The van der Waals surface area contributed by atoms with Crippen molar-refractivity contribution in [3.63, 3.8) is 0 Å². The Kier molecular flexibility index (Phi) is 7.01. The summed E-state index contributed by atoms with van der Waals surface area (Å²) in [5.74, 6) is 0.367. The maximum absolute atomic E-state index is 12.4. The SMILES string of the molecule is CCCCCCC(=O)N1CC(NC(C)(C)C)CC1CC. The highest BCUT2D eigenvalue weighted by molar-refractivity contribution is 5.76. The summed E-state index contributed by atoms with van der Waals surface area (Å²) in [6.07, 6.45) is 7.63. The standard InChI is InChI=1S/C17H34N2O/c1-6-8-9-10-11-16(20)19-13-14(12-15(19)7-2)18-17(3,4)5/h14-15,18H,6-13H2,1-5H3. The Balaban J connectivity index is 2.45. The minimum Gasteiger partial charge on any atom is -0.338 e. The van der Waals surface area contributed by atoms with Crippen molar-refractivity contribution in [3.05, 3.63) is 0 Å². The summed E-state index contributed by atoms with van der Waals surface area (Å²) in [6, 6.07) is 0.896. The molecule has 0 spiro atoms. The average molecular weight is 282 g/mol. The molecule has 3 heteroatoms. The molecule has 0 aromatic rings. The van der Waals surface area contributed by atoms with Gasteiger partial charge in [0.05, 0.1) is 0 Å². The molecule has 1 aliphatic heterocycles. The molecule has 0 aromatic carbocycles. The number of likely N-dealkylation sites (tertiary alicyclic amines) is 1. The number of rotatable bonds is 7. The van der Waals surface area contributed by atoms with Gasteiger partial charge in [0.2, 0.25) is 5.91 Å². The van der Waals surface area contributed by atoms with Crippen LogP contribution in [0.5, 0.6) is 0 Å². The highest BCUT2D eigenvalue weighted by Crippen LogP contribution is 2.23. The highest BCUT2D eigenvalue weighted by Gasteiger charge is 2.34. The van der Waals surface area contributed by atoms with E-state index in [1.54, 1.807) is 0 Å². The molecule has 1 amide bonds. The Labute approximate surface area is 125 Å². The van der Waals surface area contributed by atoms with Crippen molar-refractivity contribution >= 4 is 5.91 Å². The second kappa shape index (κ2) is 8.02. The molecule has 1 heterocycles. The molecule has 2 unspecified atom stereocenters. The Bertz CT molecular complexity index is 296. The van der Waals surface area contributed by atoms with E-state index in [0.29, 0.717) is 18.0 Å². The van der Waals surface area contributed by atoms with Crippen LogP contribution in [-0.2, 0) is 4.79 Å². The van der Waals surface area contributed by atoms with E-state index in [9.17, 15) is 4.79 Å². The Morgan fingerprint density at radius 1 is 1.20 bits per heavy atom. The first-order valence-electron chi connectivity index (χ1n) is 8.44. The van der Waals surface area contributed by atoms with Gasteiger partial charge in [0.25, 0.3) is 0 Å². The third kappa shape index (κ3) is 5.82. The number of unbranched alkanes of at least 4 members (excludes halogenated alkanes) is 3. The van der Waals surface area contributed by atoms with E-state index in [1.165, 1.54) is 19.3 Å². The van der Waals surface area contributed by atoms with Crippen molar-refractivity contribution in [3.8, 4) is 0 Å². The van der Waals surface area contributed by atoms with E-state index in [1.807, 2.05) is 0 Å². The zero-order valence-corrected chi connectivity index (χ0v) is 14.2. The van der Waals surface area contributed by atoms with Crippen LogP contribution in [0.2, 0.25) is 0 Å². The van der Waals surface area contributed by atoms with Crippen molar-refractivity contribution in [2.75, 3.05) is 6.54 Å². The first-order chi connectivity index (χ1) is 9.37. The fourth-order valence-corrected chi connectivity index (χ4v) is 3.17. The van der Waals surface area contributed by atoms with E-state index in [4.69, 9.17) is 0 Å². The fourth-order valence-electron chi connectivity index (χ4n) is 3.17. The third-order valence-corrected chi connectivity index (χ3v) is 4.09. The molecule has 0 radical (unpaired) electrons. The molecule has 1 fully saturated rings. The molecule has 0 aromatic heterocycles. The van der Waals surface area contributed by atoms with Crippen LogP contribution in [0.15, 0.2) is 0 Å². The smallest absolute Gasteiger partial charge is 0.222 e. The molecule has 1 rings (SSSR count). The van der Waals surface area contributed by atoms with Gasteiger partial charge < -0.3 is 10.2 Å². The molecule has 0 aliphatic carbocycles. The molecule has 2 atom stereocenters. The first kappa shape index (κ1) is 17.5. The fraction of sp³-hybridized carbons (Fsp3) is 0.941. The summed E-state index contributed by atoms with van der Waals surface area (Å²) in [7, 11) is 0. The van der Waals surface area contributed by atoms with Crippen molar-refractivity contribution in [1.29, 1.82) is 0 Å². The number of nitrogens with zero attached hydrogens (tertiary/aromatic N) is 1. The predicted molar refractivity (Wildman–Crippen MR) is 85.8 cm³/mol. The number of hydrogen-bond acceptors (Lipinski definition) is 2. The van der Waals surface area contributed by atoms with E-state index in [0.717, 1.165) is 32.2 Å². The van der Waals surface area contributed by atoms with Crippen LogP contribution in [0.3, 0.4) is 0 Å². The summed E-state index contributed by atoms with van der Waals surface area (Å²) >= 11 is 0. The molecule has 3 nitrogen and oxygen atoms in total. The molecule has 1 aliphatic rings. The van der Waals surface area contributed by atoms with Crippen LogP contribution in [0.25, 0.3) is 0 Å². The molecular formula is C17H34N2O. The lowest BCUT2D eigenvalue weighted by molar-refractivity contribution is -0.132. The minimum absolute atomic E-state index is 0.128. The van der Waals surface area contributed by atoms with Crippen LogP contribution < -0.4 is 5.32 Å². The van der Waals surface area contributed by atoms with E-state index in [2.05, 4.69) is 44.8 Å². The summed E-state index contributed by atoms with van der Waals surface area (Å²) in [4.78, 5) is 14.5. The van der Waals surface area contributed by atoms with Crippen molar-refractivity contribution < 1.29 is 4.79 Å². The molecule has 1 N–H and O–H groups in total. The maximum atomic E-state index is 12.4. The Morgan fingerprint density at radius 2 is 1.90 bits per heavy atom. The molecular weight excluding hydrogens is 248 g/mol. The summed E-state index contributed by atoms with van der Waals surface area (Å²) in [5.41, 5.74) is 0.128. The third-order valence-electron chi connectivity index (χ3n) is 4.09. The average Bonchev–Trinajstić information content (AvgIpc) is 2.75. The lowest BCUT2D eigenvalue weighted by atomic mass is 10.0. The second-order valence-electron chi connectivity index (χ2n) is 7.25. The molecule has 20 heavy (non-hydrogen) atoms. The first-order valence-corrected chi connectivity index (χ1v) is 8.44. The number of carbonyl (C=O) groups is 1. The lowest BCUT2D eigenvalue weighted by Crippen LogP contribution is -2.45. The van der Waals surface area contributed by atoms with Crippen LogP contribution in [-0.4, -0.2) is 35.0 Å². The van der Waals surface area contributed by atoms with Crippen LogP contribution in [0.1, 0.15) is 79.6 Å². The van der Waals surface area contributed by atoms with Gasteiger partial charge in [-0.3, -0.25) is 4.79 Å². The van der Waals surface area contributed by atoms with Gasteiger partial charge in [-0.1, -0.05) is 33.1 Å². The molecule has 0 saturated carbocycles. The topological polar surface area (TPSA) is 32.3 Å². The van der Waals surface area contributed by atoms with Crippen molar-refractivity contribution in [2.45, 2.75) is 97.2 Å². The van der Waals surface area contributed by atoms with Gasteiger partial charge in [0, 0.05) is 30.6 Å². The van der Waals surface area contributed by atoms with Gasteiger partial charge in [-0.05, 0) is 40.0 Å². The number of amides is 1. The van der Waals surface area contributed by atoms with Crippen LogP contribution in [0, 0.1) is 0 Å². The van der Waals surface area contributed by atoms with Crippen LogP contribution in [0.4, 0.5) is 0 Å². The van der Waals surface area contributed by atoms with Crippen molar-refractivity contribution in [1.82, 2.24) is 10.2 Å². The lowest BCUT2D eigenvalue weighted by Gasteiger charge is -2.26. The normalized spacial score (nSPS) is 23.4. The summed E-state index contributed by atoms with van der Waals surface area (Å²) in [6.45, 7) is 11.9. The molecule has 0 bridgehead atoms. The largest absolute Gasteiger partial charge is 0.338 e. The number of hydrogen-bond donors (Lipinski definition) is 1. The van der Waals surface area contributed by atoms with Gasteiger partial charge >= 0.3 is 0 Å².